The Kier molecular flexibility index (Phi) is 7.34. The first kappa shape index (κ1) is 20.4. The van der Waals surface area contributed by atoms with E-state index < -0.39 is 16.8 Å². The van der Waals surface area contributed by atoms with Crippen molar-refractivity contribution in [3.63, 3.8) is 0 Å². The van der Waals surface area contributed by atoms with Gasteiger partial charge in [0.2, 0.25) is 0 Å². The lowest BCUT2D eigenvalue weighted by Crippen LogP contribution is -2.28. The molecule has 0 unspecified atom stereocenters. The third kappa shape index (κ3) is 6.40. The number of hydrogen-bond acceptors (Lipinski definition) is 5. The number of rotatable bonds is 7. The van der Waals surface area contributed by atoms with Crippen LogP contribution in [0.4, 0.5) is 5.69 Å². The van der Waals surface area contributed by atoms with Crippen molar-refractivity contribution in [2.75, 3.05) is 13.2 Å². The van der Waals surface area contributed by atoms with Crippen molar-refractivity contribution < 1.29 is 19.2 Å². The Labute approximate surface area is 164 Å². The molecule has 1 N–H and O–H groups in total. The van der Waals surface area contributed by atoms with Crippen molar-refractivity contribution in [1.82, 2.24) is 5.32 Å². The molecule has 9 heteroatoms. The van der Waals surface area contributed by atoms with Crippen LogP contribution in [0.1, 0.15) is 15.9 Å². The highest BCUT2D eigenvalue weighted by molar-refractivity contribution is 6.34. The number of nitro benzene ring substituents is 1. The number of nitrogens with zero attached hydrogens (tertiary/aromatic N) is 1. The third-order valence-corrected chi connectivity index (χ3v) is 3.85. The molecule has 1 amide bonds. The van der Waals surface area contributed by atoms with E-state index >= 15 is 0 Å². The zero-order chi connectivity index (χ0) is 19.8. The van der Waals surface area contributed by atoms with Crippen molar-refractivity contribution in [3.8, 4) is 0 Å². The molecule has 0 fully saturated rings. The van der Waals surface area contributed by atoms with Crippen LogP contribution in [0.5, 0.6) is 0 Å². The van der Waals surface area contributed by atoms with Crippen LogP contribution in [0.15, 0.2) is 48.5 Å². The highest BCUT2D eigenvalue weighted by Gasteiger charge is 2.14. The van der Waals surface area contributed by atoms with Gasteiger partial charge >= 0.3 is 5.97 Å². The zero-order valence-electron chi connectivity index (χ0n) is 13.9. The molecular formula is C18H14Cl2N2O5. The minimum atomic E-state index is -0.607. The highest BCUT2D eigenvalue weighted by Crippen LogP contribution is 2.22. The van der Waals surface area contributed by atoms with E-state index in [-0.39, 0.29) is 29.4 Å². The Morgan fingerprint density at radius 2 is 1.96 bits per heavy atom. The quantitative estimate of drug-likeness (QED) is 0.246. The number of benzene rings is 2. The van der Waals surface area contributed by atoms with Crippen LogP contribution in [-0.4, -0.2) is 30.0 Å². The van der Waals surface area contributed by atoms with Crippen LogP contribution in [0, 0.1) is 10.1 Å². The summed E-state index contributed by atoms with van der Waals surface area (Å²) in [5.41, 5.74) is 0.631. The molecule has 2 aromatic rings. The largest absolute Gasteiger partial charge is 0.461 e. The van der Waals surface area contributed by atoms with Gasteiger partial charge in [-0.2, -0.15) is 0 Å². The van der Waals surface area contributed by atoms with Gasteiger partial charge in [-0.25, -0.2) is 4.79 Å². The SMILES string of the molecule is O=C(/C=C/c1cccc(Cl)c1)OCCNC(=O)c1ccc([N+](=O)[O-])cc1Cl. The smallest absolute Gasteiger partial charge is 0.330 e. The summed E-state index contributed by atoms with van der Waals surface area (Å²) in [5, 5.41) is 13.7. The predicted molar refractivity (Wildman–Crippen MR) is 102 cm³/mol. The van der Waals surface area contributed by atoms with Gasteiger partial charge in [0.1, 0.15) is 6.61 Å². The lowest BCUT2D eigenvalue weighted by molar-refractivity contribution is -0.384. The number of carbonyl (C=O) groups is 2. The van der Waals surface area contributed by atoms with Gasteiger partial charge in [0, 0.05) is 23.2 Å². The Bertz CT molecular complexity index is 899. The van der Waals surface area contributed by atoms with E-state index in [1.807, 2.05) is 0 Å². The fourth-order valence-electron chi connectivity index (χ4n) is 2.04. The van der Waals surface area contributed by atoms with Crippen LogP contribution >= 0.6 is 23.2 Å². The number of nitrogens with one attached hydrogen (secondary N) is 1. The summed E-state index contributed by atoms with van der Waals surface area (Å²) < 4.78 is 4.97. The zero-order valence-corrected chi connectivity index (χ0v) is 15.4. The van der Waals surface area contributed by atoms with E-state index in [4.69, 9.17) is 27.9 Å². The molecule has 0 aliphatic carbocycles. The monoisotopic (exact) mass is 408 g/mol. The van der Waals surface area contributed by atoms with Crippen LogP contribution in [0.25, 0.3) is 6.08 Å². The lowest BCUT2D eigenvalue weighted by atomic mass is 10.2. The maximum absolute atomic E-state index is 12.0. The van der Waals surface area contributed by atoms with E-state index in [9.17, 15) is 19.7 Å². The van der Waals surface area contributed by atoms with Gasteiger partial charge < -0.3 is 10.1 Å². The number of esters is 1. The molecule has 0 atom stereocenters. The number of nitro groups is 1. The first-order valence-electron chi connectivity index (χ1n) is 7.69. The molecule has 140 valence electrons. The Hall–Kier alpha value is -2.90. The molecule has 0 aliphatic heterocycles. The third-order valence-electron chi connectivity index (χ3n) is 3.30. The van der Waals surface area contributed by atoms with E-state index in [0.717, 1.165) is 11.6 Å². The summed E-state index contributed by atoms with van der Waals surface area (Å²) in [6, 6.07) is 10.5. The number of amides is 1. The molecule has 0 bridgehead atoms. The second-order valence-electron chi connectivity index (χ2n) is 5.23. The number of non-ortho nitro benzene ring substituents is 1. The molecule has 0 saturated heterocycles. The number of halogens is 2. The molecule has 0 radical (unpaired) electrons. The van der Waals surface area contributed by atoms with Gasteiger partial charge in [-0.1, -0.05) is 35.3 Å². The Balaban J connectivity index is 1.78. The van der Waals surface area contributed by atoms with Gasteiger partial charge in [-0.05, 0) is 29.8 Å². The van der Waals surface area contributed by atoms with Crippen molar-refractivity contribution in [3.05, 3.63) is 79.8 Å². The normalized spacial score (nSPS) is 10.6. The molecule has 0 saturated carbocycles. The minimum absolute atomic E-state index is 0.0388. The fourth-order valence-corrected chi connectivity index (χ4v) is 2.50. The number of carbonyl (C=O) groups excluding carboxylic acids is 2. The Morgan fingerprint density at radius 3 is 2.63 bits per heavy atom. The first-order valence-corrected chi connectivity index (χ1v) is 8.45. The summed E-state index contributed by atoms with van der Waals surface area (Å²) in [5.74, 6) is -1.10. The maximum Gasteiger partial charge on any atom is 0.330 e. The average molecular weight is 409 g/mol. The first-order chi connectivity index (χ1) is 12.9. The lowest BCUT2D eigenvalue weighted by Gasteiger charge is -2.07. The molecule has 0 aromatic heterocycles. The minimum Gasteiger partial charge on any atom is -0.461 e. The predicted octanol–water partition coefficient (Wildman–Crippen LogP) is 3.89. The summed E-state index contributed by atoms with van der Waals surface area (Å²) >= 11 is 11.7. The fraction of sp³-hybridized carbons (Fsp3) is 0.111. The van der Waals surface area contributed by atoms with Gasteiger partial charge in [-0.15, -0.1) is 0 Å². The van der Waals surface area contributed by atoms with E-state index in [1.54, 1.807) is 30.3 Å². The molecule has 7 nitrogen and oxygen atoms in total. The van der Waals surface area contributed by atoms with Gasteiger partial charge in [0.15, 0.2) is 0 Å². The summed E-state index contributed by atoms with van der Waals surface area (Å²) in [6.45, 7) is 0.0119. The summed E-state index contributed by atoms with van der Waals surface area (Å²) in [6.07, 6.45) is 2.81. The molecule has 0 heterocycles. The Morgan fingerprint density at radius 1 is 1.19 bits per heavy atom. The van der Waals surface area contributed by atoms with Crippen molar-refractivity contribution in [1.29, 1.82) is 0 Å². The van der Waals surface area contributed by atoms with Crippen LogP contribution in [-0.2, 0) is 9.53 Å². The molecule has 0 aliphatic rings. The highest BCUT2D eigenvalue weighted by atomic mass is 35.5. The summed E-state index contributed by atoms with van der Waals surface area (Å²) in [4.78, 5) is 33.7. The van der Waals surface area contributed by atoms with Crippen molar-refractivity contribution in [2.45, 2.75) is 0 Å². The molecule has 0 spiro atoms. The molecule has 2 aromatic carbocycles. The van der Waals surface area contributed by atoms with Crippen LogP contribution in [0.2, 0.25) is 10.0 Å². The van der Waals surface area contributed by atoms with Crippen molar-refractivity contribution in [2.24, 2.45) is 0 Å². The molecular weight excluding hydrogens is 395 g/mol. The van der Waals surface area contributed by atoms with E-state index in [2.05, 4.69) is 5.32 Å². The second kappa shape index (κ2) is 9.70. The topological polar surface area (TPSA) is 98.5 Å². The standard InChI is InChI=1S/C18H14Cl2N2O5/c19-13-3-1-2-12(10-13)4-7-17(23)27-9-8-21-18(24)15-6-5-14(22(25)26)11-16(15)20/h1-7,10-11H,8-9H2,(H,21,24)/b7-4+. The van der Waals surface area contributed by atoms with Gasteiger partial charge in [0.05, 0.1) is 22.1 Å². The second-order valence-corrected chi connectivity index (χ2v) is 6.08. The van der Waals surface area contributed by atoms with Crippen LogP contribution in [0.3, 0.4) is 0 Å². The summed E-state index contributed by atoms with van der Waals surface area (Å²) in [7, 11) is 0. The van der Waals surface area contributed by atoms with E-state index in [0.29, 0.717) is 5.02 Å². The van der Waals surface area contributed by atoms with Gasteiger partial charge in [0.25, 0.3) is 11.6 Å². The number of hydrogen-bond donors (Lipinski definition) is 1. The van der Waals surface area contributed by atoms with Crippen LogP contribution < -0.4 is 5.32 Å². The average Bonchev–Trinajstić information content (AvgIpc) is 2.63. The number of ether oxygens (including phenoxy) is 1. The van der Waals surface area contributed by atoms with E-state index in [1.165, 1.54) is 18.2 Å². The maximum atomic E-state index is 12.0. The molecule has 27 heavy (non-hydrogen) atoms. The van der Waals surface area contributed by atoms with Crippen molar-refractivity contribution >= 4 is 46.8 Å². The van der Waals surface area contributed by atoms with Gasteiger partial charge in [-0.3, -0.25) is 14.9 Å². The molecule has 2 rings (SSSR count).